The zero-order valence-electron chi connectivity index (χ0n) is 8.82. The zero-order valence-corrected chi connectivity index (χ0v) is 10.6. The molecule has 2 nitrogen and oxygen atoms in total. The Labute approximate surface area is 89.4 Å². The summed E-state index contributed by atoms with van der Waals surface area (Å²) in [5.41, 5.74) is 1.28. The Hall–Kier alpha value is -0.743. The minimum Gasteiger partial charge on any atom is -0.0758 e. The van der Waals surface area contributed by atoms with E-state index in [1.165, 1.54) is 10.2 Å². The molecule has 0 fully saturated rings. The molecule has 1 aromatic heterocycles. The van der Waals surface area contributed by atoms with Crippen LogP contribution in [0.25, 0.3) is 10.2 Å². The number of benzene rings is 1. The SMILES string of the molecule is C[Si](C)(C)C[n+]1nsc2ccccc21. The Bertz CT molecular complexity index is 445. The molecule has 2 aromatic rings. The summed E-state index contributed by atoms with van der Waals surface area (Å²) in [6.07, 6.45) is 1.11. The lowest BCUT2D eigenvalue weighted by Crippen LogP contribution is -2.47. The van der Waals surface area contributed by atoms with Gasteiger partial charge in [-0.25, -0.2) is 0 Å². The van der Waals surface area contributed by atoms with Gasteiger partial charge < -0.3 is 0 Å². The van der Waals surface area contributed by atoms with E-state index in [1.54, 1.807) is 11.5 Å². The topological polar surface area (TPSA) is 16.8 Å². The molecule has 0 aliphatic rings. The van der Waals surface area contributed by atoms with Gasteiger partial charge in [-0.1, -0.05) is 36.5 Å². The Morgan fingerprint density at radius 3 is 2.71 bits per heavy atom. The molecule has 0 saturated carbocycles. The molecule has 0 aliphatic carbocycles. The van der Waals surface area contributed by atoms with Crippen LogP contribution in [0, 0.1) is 0 Å². The number of para-hydroxylation sites is 1. The molecule has 0 saturated heterocycles. The van der Waals surface area contributed by atoms with Crippen LogP contribution in [-0.4, -0.2) is 12.6 Å². The highest BCUT2D eigenvalue weighted by Gasteiger charge is 2.24. The molecule has 2 rings (SSSR count). The zero-order chi connectivity index (χ0) is 10.2. The van der Waals surface area contributed by atoms with Crippen LogP contribution < -0.4 is 4.68 Å². The van der Waals surface area contributed by atoms with E-state index in [0.29, 0.717) is 0 Å². The second-order valence-corrected chi connectivity index (χ2v) is 11.0. The molecule has 4 heteroatoms. The highest BCUT2D eigenvalue weighted by Crippen LogP contribution is 2.13. The van der Waals surface area contributed by atoms with E-state index in [0.717, 1.165) is 6.17 Å². The number of rotatable bonds is 2. The van der Waals surface area contributed by atoms with Crippen LogP contribution in [0.5, 0.6) is 0 Å². The van der Waals surface area contributed by atoms with Crippen molar-refractivity contribution < 1.29 is 4.68 Å². The second kappa shape index (κ2) is 3.44. The van der Waals surface area contributed by atoms with Gasteiger partial charge in [0.2, 0.25) is 0 Å². The van der Waals surface area contributed by atoms with Crippen molar-refractivity contribution in [2.75, 3.05) is 0 Å². The van der Waals surface area contributed by atoms with Gasteiger partial charge in [-0.2, -0.15) is 0 Å². The summed E-state index contributed by atoms with van der Waals surface area (Å²) in [6.45, 7) is 7.11. The average Bonchev–Trinajstić information content (AvgIpc) is 2.47. The first-order valence-electron chi connectivity index (χ1n) is 4.81. The van der Waals surface area contributed by atoms with E-state index in [-0.39, 0.29) is 0 Å². The minimum atomic E-state index is -1.07. The monoisotopic (exact) mass is 223 g/mol. The van der Waals surface area contributed by atoms with Crippen LogP contribution >= 0.6 is 11.5 Å². The van der Waals surface area contributed by atoms with Crippen LogP contribution in [0.4, 0.5) is 0 Å². The van der Waals surface area contributed by atoms with Crippen LogP contribution in [0.3, 0.4) is 0 Å². The third-order valence-corrected chi connectivity index (χ3v) is 4.07. The maximum absolute atomic E-state index is 4.47. The molecular weight excluding hydrogens is 208 g/mol. The fourth-order valence-electron chi connectivity index (χ4n) is 1.45. The quantitative estimate of drug-likeness (QED) is 0.564. The minimum absolute atomic E-state index is 1.07. The molecule has 0 bridgehead atoms. The molecule has 0 spiro atoms. The normalized spacial score (nSPS) is 12.2. The van der Waals surface area contributed by atoms with Crippen molar-refractivity contribution in [3.05, 3.63) is 24.3 Å². The average molecular weight is 223 g/mol. The number of aromatic nitrogens is 2. The van der Waals surface area contributed by atoms with Crippen molar-refractivity contribution in [2.24, 2.45) is 0 Å². The van der Waals surface area contributed by atoms with E-state index < -0.39 is 8.07 Å². The fourth-order valence-corrected chi connectivity index (χ4v) is 3.43. The fraction of sp³-hybridized carbons (Fsp3) is 0.400. The van der Waals surface area contributed by atoms with Gasteiger partial charge in [-0.15, -0.1) is 0 Å². The van der Waals surface area contributed by atoms with Crippen molar-refractivity contribution in [3.8, 4) is 0 Å². The van der Waals surface area contributed by atoms with Crippen LogP contribution in [-0.2, 0) is 6.17 Å². The van der Waals surface area contributed by atoms with Gasteiger partial charge in [-0.3, -0.25) is 0 Å². The Balaban J connectivity index is 2.44. The van der Waals surface area contributed by atoms with E-state index in [1.807, 2.05) is 0 Å². The summed E-state index contributed by atoms with van der Waals surface area (Å²) in [6, 6.07) is 8.43. The lowest BCUT2D eigenvalue weighted by Gasteiger charge is -2.07. The predicted molar refractivity (Wildman–Crippen MR) is 63.2 cm³/mol. The van der Waals surface area contributed by atoms with Gasteiger partial charge in [0.15, 0.2) is 6.17 Å². The smallest absolute Gasteiger partial charge is 0.0758 e. The second-order valence-electron chi connectivity index (χ2n) is 4.76. The standard InChI is InChI=1S/C10H15N2SSi/c1-14(2,3)8-12-9-6-4-5-7-10(9)13-11-12/h4-7H,8H2,1-3H3/q+1. The number of hydrogen-bond donors (Lipinski definition) is 0. The molecule has 0 amide bonds. The third-order valence-electron chi connectivity index (χ3n) is 2.01. The van der Waals surface area contributed by atoms with Gasteiger partial charge in [-0.05, 0) is 6.07 Å². The number of nitrogens with zero attached hydrogens (tertiary/aromatic N) is 2. The lowest BCUT2D eigenvalue weighted by atomic mass is 10.3. The molecule has 0 aliphatic heterocycles. The Kier molecular flexibility index (Phi) is 2.41. The van der Waals surface area contributed by atoms with E-state index >= 15 is 0 Å². The predicted octanol–water partition coefficient (Wildman–Crippen LogP) is 2.46. The molecule has 1 heterocycles. The molecular formula is C10H15N2SSi+. The summed E-state index contributed by atoms with van der Waals surface area (Å²) in [7, 11) is -1.07. The molecule has 0 atom stereocenters. The largest absolute Gasteiger partial charge is 0.251 e. The highest BCUT2D eigenvalue weighted by atomic mass is 32.1. The van der Waals surface area contributed by atoms with Crippen LogP contribution in [0.2, 0.25) is 19.6 Å². The lowest BCUT2D eigenvalue weighted by molar-refractivity contribution is -0.707. The first-order valence-corrected chi connectivity index (χ1v) is 9.29. The van der Waals surface area contributed by atoms with E-state index in [4.69, 9.17) is 0 Å². The van der Waals surface area contributed by atoms with Gasteiger partial charge in [0.1, 0.15) is 12.8 Å². The molecule has 14 heavy (non-hydrogen) atoms. The molecule has 0 N–H and O–H groups in total. The van der Waals surface area contributed by atoms with Crippen LogP contribution in [0.15, 0.2) is 24.3 Å². The number of fused-ring (bicyclic) bond motifs is 1. The first kappa shape index (κ1) is 9.80. The maximum atomic E-state index is 4.47. The summed E-state index contributed by atoms with van der Waals surface area (Å²) in [5, 5.41) is 0. The van der Waals surface area contributed by atoms with Crippen molar-refractivity contribution in [3.63, 3.8) is 0 Å². The molecule has 0 radical (unpaired) electrons. The van der Waals surface area contributed by atoms with E-state index in [9.17, 15) is 0 Å². The van der Waals surface area contributed by atoms with Crippen molar-refractivity contribution in [2.45, 2.75) is 25.8 Å². The molecule has 74 valence electrons. The number of hydrogen-bond acceptors (Lipinski definition) is 2. The highest BCUT2D eigenvalue weighted by molar-refractivity contribution is 7.12. The van der Waals surface area contributed by atoms with Crippen molar-refractivity contribution >= 4 is 29.8 Å². The molecule has 1 aromatic carbocycles. The Morgan fingerprint density at radius 1 is 1.29 bits per heavy atom. The van der Waals surface area contributed by atoms with Gasteiger partial charge in [0.05, 0.1) is 4.49 Å². The van der Waals surface area contributed by atoms with Crippen LogP contribution in [0.1, 0.15) is 0 Å². The van der Waals surface area contributed by atoms with Gasteiger partial charge >= 0.3 is 0 Å². The van der Waals surface area contributed by atoms with Crippen molar-refractivity contribution in [1.82, 2.24) is 4.49 Å². The first-order chi connectivity index (χ1) is 6.56. The summed E-state index contributed by atoms with van der Waals surface area (Å²) in [5.74, 6) is 0. The summed E-state index contributed by atoms with van der Waals surface area (Å²) < 4.78 is 7.92. The van der Waals surface area contributed by atoms with Gasteiger partial charge in [0.25, 0.3) is 5.52 Å². The Morgan fingerprint density at radius 2 is 2.00 bits per heavy atom. The van der Waals surface area contributed by atoms with Crippen molar-refractivity contribution in [1.29, 1.82) is 0 Å². The summed E-state index contributed by atoms with van der Waals surface area (Å²) >= 11 is 1.59. The molecule has 0 unspecified atom stereocenters. The maximum Gasteiger partial charge on any atom is 0.251 e. The van der Waals surface area contributed by atoms with Gasteiger partial charge in [0, 0.05) is 17.6 Å². The third kappa shape index (κ3) is 2.01. The van der Waals surface area contributed by atoms with E-state index in [2.05, 4.69) is 53.1 Å². The summed E-state index contributed by atoms with van der Waals surface area (Å²) in [4.78, 5) is 0.